The van der Waals surface area contributed by atoms with Crippen molar-refractivity contribution in [3.8, 4) is 0 Å². The molecule has 1 atom stereocenters. The van der Waals surface area contributed by atoms with Crippen LogP contribution in [0, 0.1) is 5.41 Å². The van der Waals surface area contributed by atoms with Crippen LogP contribution in [-0.2, 0) is 4.79 Å². The fraction of sp³-hybridized carbons (Fsp3) is 0.875. The van der Waals surface area contributed by atoms with E-state index in [1.165, 1.54) is 0 Å². The van der Waals surface area contributed by atoms with E-state index in [1.807, 2.05) is 20.8 Å². The molecule has 0 amide bonds. The van der Waals surface area contributed by atoms with E-state index in [4.69, 9.17) is 0 Å². The summed E-state index contributed by atoms with van der Waals surface area (Å²) in [6.07, 6.45) is 0.913. The minimum absolute atomic E-state index is 0.0231. The molecule has 1 saturated heterocycles. The second-order valence-electron chi connectivity index (χ2n) is 4.03. The molecule has 1 heterocycles. The molecule has 0 bridgehead atoms. The van der Waals surface area contributed by atoms with Crippen LogP contribution >= 0.6 is 0 Å². The summed E-state index contributed by atoms with van der Waals surface area (Å²) in [6, 6.07) is 0.0231. The molecule has 0 spiro atoms. The van der Waals surface area contributed by atoms with Gasteiger partial charge < -0.3 is 0 Å². The Bertz CT molecular complexity index is 154. The van der Waals surface area contributed by atoms with Gasteiger partial charge in [-0.05, 0) is 6.42 Å². The first-order valence-corrected chi connectivity index (χ1v) is 4.04. The van der Waals surface area contributed by atoms with Gasteiger partial charge in [0.1, 0.15) is 0 Å². The van der Waals surface area contributed by atoms with Gasteiger partial charge in [0, 0.05) is 12.0 Å². The van der Waals surface area contributed by atoms with Crippen LogP contribution in [0.4, 0.5) is 0 Å². The summed E-state index contributed by atoms with van der Waals surface area (Å²) in [7, 11) is 0. The van der Waals surface area contributed by atoms with Crippen LogP contribution in [0.5, 0.6) is 0 Å². The molecule has 1 rings (SSSR count). The van der Waals surface area contributed by atoms with Crippen molar-refractivity contribution in [3.05, 3.63) is 0 Å². The van der Waals surface area contributed by atoms with Gasteiger partial charge in [0.2, 0.25) is 0 Å². The summed E-state index contributed by atoms with van der Waals surface area (Å²) in [5.74, 6) is 0.294. The zero-order valence-electron chi connectivity index (χ0n) is 7.40. The summed E-state index contributed by atoms with van der Waals surface area (Å²) in [5, 5.41) is 0. The maximum absolute atomic E-state index is 11.6. The lowest BCUT2D eigenvalue weighted by Crippen LogP contribution is -2.41. The van der Waals surface area contributed by atoms with E-state index in [2.05, 4.69) is 10.9 Å². The molecule has 1 aliphatic rings. The van der Waals surface area contributed by atoms with Gasteiger partial charge >= 0.3 is 0 Å². The van der Waals surface area contributed by atoms with Crippen LogP contribution in [0.1, 0.15) is 27.2 Å². The van der Waals surface area contributed by atoms with E-state index in [0.717, 1.165) is 13.0 Å². The topological polar surface area (TPSA) is 41.1 Å². The largest absolute Gasteiger partial charge is 0.297 e. The lowest BCUT2D eigenvalue weighted by atomic mass is 9.86. The summed E-state index contributed by atoms with van der Waals surface area (Å²) in [5.41, 5.74) is 5.70. The first-order chi connectivity index (χ1) is 5.02. The Balaban J connectivity index is 2.53. The number of carbonyl (C=O) groups excluding carboxylic acids is 1. The lowest BCUT2D eigenvalue weighted by molar-refractivity contribution is -0.128. The van der Waals surface area contributed by atoms with Crippen molar-refractivity contribution in [1.29, 1.82) is 0 Å². The first kappa shape index (κ1) is 8.68. The van der Waals surface area contributed by atoms with Gasteiger partial charge in [0.05, 0.1) is 6.04 Å². The molecule has 0 aromatic heterocycles. The van der Waals surface area contributed by atoms with E-state index in [9.17, 15) is 4.79 Å². The zero-order valence-corrected chi connectivity index (χ0v) is 7.40. The van der Waals surface area contributed by atoms with E-state index in [1.54, 1.807) is 0 Å². The van der Waals surface area contributed by atoms with E-state index in [-0.39, 0.29) is 11.5 Å². The fourth-order valence-corrected chi connectivity index (χ4v) is 1.20. The summed E-state index contributed by atoms with van der Waals surface area (Å²) < 4.78 is 0. The van der Waals surface area contributed by atoms with Gasteiger partial charge in [-0.3, -0.25) is 10.2 Å². The third-order valence-corrected chi connectivity index (χ3v) is 1.89. The third kappa shape index (κ3) is 2.01. The second-order valence-corrected chi connectivity index (χ2v) is 4.03. The standard InChI is InChI=1S/C8H16N2O/c1-8(2,3)7(11)6-4-5-9-10-6/h6,9-10H,4-5H2,1-3H3. The second kappa shape index (κ2) is 2.91. The highest BCUT2D eigenvalue weighted by Gasteiger charge is 2.30. The summed E-state index contributed by atoms with van der Waals surface area (Å²) in [6.45, 7) is 6.76. The van der Waals surface area contributed by atoms with Crippen LogP contribution in [0.25, 0.3) is 0 Å². The molecular formula is C8H16N2O. The van der Waals surface area contributed by atoms with Gasteiger partial charge in [0.15, 0.2) is 5.78 Å². The number of hydrogen-bond donors (Lipinski definition) is 2. The maximum Gasteiger partial charge on any atom is 0.156 e. The minimum atomic E-state index is -0.219. The number of hydrogen-bond acceptors (Lipinski definition) is 3. The number of ketones is 1. The average Bonchev–Trinajstić information content (AvgIpc) is 2.34. The predicted octanol–water partition coefficient (Wildman–Crippen LogP) is 0.468. The van der Waals surface area contributed by atoms with Gasteiger partial charge in [-0.25, -0.2) is 5.43 Å². The van der Waals surface area contributed by atoms with E-state index >= 15 is 0 Å². The maximum atomic E-state index is 11.6. The van der Waals surface area contributed by atoms with Crippen LogP contribution in [-0.4, -0.2) is 18.4 Å². The van der Waals surface area contributed by atoms with Crippen molar-refractivity contribution in [1.82, 2.24) is 10.9 Å². The van der Waals surface area contributed by atoms with Crippen molar-refractivity contribution >= 4 is 5.78 Å². The van der Waals surface area contributed by atoms with E-state index < -0.39 is 0 Å². The normalized spacial score (nSPS) is 25.5. The Morgan fingerprint density at radius 3 is 2.45 bits per heavy atom. The fourth-order valence-electron chi connectivity index (χ4n) is 1.20. The molecule has 1 fully saturated rings. The number of Topliss-reactive ketones (excluding diaryl/α,β-unsaturated/α-hetero) is 1. The quantitative estimate of drug-likeness (QED) is 0.580. The third-order valence-electron chi connectivity index (χ3n) is 1.89. The molecule has 3 heteroatoms. The molecule has 1 unspecified atom stereocenters. The smallest absolute Gasteiger partial charge is 0.156 e. The Morgan fingerprint density at radius 2 is 2.09 bits per heavy atom. The predicted molar refractivity (Wildman–Crippen MR) is 44.0 cm³/mol. The van der Waals surface area contributed by atoms with Gasteiger partial charge in [-0.2, -0.15) is 0 Å². The highest BCUT2D eigenvalue weighted by Crippen LogP contribution is 2.18. The average molecular weight is 156 g/mol. The Kier molecular flexibility index (Phi) is 2.30. The monoisotopic (exact) mass is 156 g/mol. The Morgan fingerprint density at radius 1 is 1.45 bits per heavy atom. The molecule has 0 aromatic carbocycles. The van der Waals surface area contributed by atoms with Crippen LogP contribution in [0.2, 0.25) is 0 Å². The SMILES string of the molecule is CC(C)(C)C(=O)C1CCNN1. The Hall–Kier alpha value is -0.410. The van der Waals surface area contributed by atoms with Crippen LogP contribution in [0.3, 0.4) is 0 Å². The van der Waals surface area contributed by atoms with Crippen molar-refractivity contribution < 1.29 is 4.79 Å². The summed E-state index contributed by atoms with van der Waals surface area (Å²) in [4.78, 5) is 11.6. The molecule has 3 nitrogen and oxygen atoms in total. The minimum Gasteiger partial charge on any atom is -0.297 e. The van der Waals surface area contributed by atoms with Crippen molar-refractivity contribution in [3.63, 3.8) is 0 Å². The Labute approximate surface area is 67.5 Å². The molecule has 0 radical (unpaired) electrons. The molecule has 0 saturated carbocycles. The lowest BCUT2D eigenvalue weighted by Gasteiger charge is -2.20. The van der Waals surface area contributed by atoms with Crippen LogP contribution in [0.15, 0.2) is 0 Å². The van der Waals surface area contributed by atoms with Gasteiger partial charge in [0.25, 0.3) is 0 Å². The molecule has 2 N–H and O–H groups in total. The molecular weight excluding hydrogens is 140 g/mol. The molecule has 1 aliphatic heterocycles. The molecule has 64 valence electrons. The molecule has 0 aliphatic carbocycles. The highest BCUT2D eigenvalue weighted by atomic mass is 16.1. The van der Waals surface area contributed by atoms with Gasteiger partial charge in [-0.1, -0.05) is 20.8 Å². The number of hydrazine groups is 1. The number of carbonyl (C=O) groups is 1. The number of rotatable bonds is 1. The molecule has 11 heavy (non-hydrogen) atoms. The highest BCUT2D eigenvalue weighted by molar-refractivity contribution is 5.88. The summed E-state index contributed by atoms with van der Waals surface area (Å²) >= 11 is 0. The number of nitrogens with one attached hydrogen (secondary N) is 2. The van der Waals surface area contributed by atoms with Crippen LogP contribution < -0.4 is 10.9 Å². The van der Waals surface area contributed by atoms with Crippen molar-refractivity contribution in [2.75, 3.05) is 6.54 Å². The molecule has 0 aromatic rings. The van der Waals surface area contributed by atoms with Gasteiger partial charge in [-0.15, -0.1) is 0 Å². The zero-order chi connectivity index (χ0) is 8.48. The first-order valence-electron chi connectivity index (χ1n) is 4.04. The van der Waals surface area contributed by atoms with E-state index in [0.29, 0.717) is 5.78 Å². The van der Waals surface area contributed by atoms with Crippen molar-refractivity contribution in [2.45, 2.75) is 33.2 Å². The van der Waals surface area contributed by atoms with Crippen molar-refractivity contribution in [2.24, 2.45) is 5.41 Å².